The first kappa shape index (κ1) is 13.9. The Labute approximate surface area is 104 Å². The molecule has 0 saturated heterocycles. The zero-order chi connectivity index (χ0) is 12.7. The van der Waals surface area contributed by atoms with Gasteiger partial charge in [-0.1, -0.05) is 13.8 Å². The zero-order valence-electron chi connectivity index (χ0n) is 11.4. The Kier molecular flexibility index (Phi) is 5.91. The summed E-state index contributed by atoms with van der Waals surface area (Å²) in [6.45, 7) is 11.3. The SMILES string of the molecule is Cc1cc(C)nc(NCCNCCC(C)C)n1. The summed E-state index contributed by atoms with van der Waals surface area (Å²) < 4.78 is 0. The van der Waals surface area contributed by atoms with Crippen LogP contribution in [0.1, 0.15) is 31.7 Å². The van der Waals surface area contributed by atoms with Gasteiger partial charge in [0.1, 0.15) is 0 Å². The summed E-state index contributed by atoms with van der Waals surface area (Å²) in [5.74, 6) is 1.49. The van der Waals surface area contributed by atoms with Crippen LogP contribution in [-0.4, -0.2) is 29.6 Å². The molecule has 0 aromatic carbocycles. The Morgan fingerprint density at radius 1 is 1.06 bits per heavy atom. The van der Waals surface area contributed by atoms with Crippen molar-refractivity contribution < 1.29 is 0 Å². The quantitative estimate of drug-likeness (QED) is 0.712. The molecule has 0 amide bonds. The third kappa shape index (κ3) is 6.22. The molecule has 0 atom stereocenters. The molecule has 4 nitrogen and oxygen atoms in total. The molecule has 0 aliphatic rings. The normalized spacial score (nSPS) is 10.9. The van der Waals surface area contributed by atoms with Crippen LogP contribution >= 0.6 is 0 Å². The number of anilines is 1. The summed E-state index contributed by atoms with van der Waals surface area (Å²) in [5.41, 5.74) is 2.01. The largest absolute Gasteiger partial charge is 0.353 e. The molecule has 1 aromatic rings. The Balaban J connectivity index is 2.18. The second-order valence-corrected chi connectivity index (χ2v) is 4.83. The van der Waals surface area contributed by atoms with Crippen molar-refractivity contribution in [3.63, 3.8) is 0 Å². The second-order valence-electron chi connectivity index (χ2n) is 4.83. The number of aromatic nitrogens is 2. The maximum atomic E-state index is 4.33. The van der Waals surface area contributed by atoms with Crippen LogP contribution in [0.4, 0.5) is 5.95 Å². The van der Waals surface area contributed by atoms with Gasteiger partial charge < -0.3 is 10.6 Å². The van der Waals surface area contributed by atoms with E-state index < -0.39 is 0 Å². The predicted octanol–water partition coefficient (Wildman–Crippen LogP) is 2.14. The summed E-state index contributed by atoms with van der Waals surface area (Å²) in [4.78, 5) is 8.66. The van der Waals surface area contributed by atoms with Crippen molar-refractivity contribution in [3.05, 3.63) is 17.5 Å². The molecule has 1 rings (SSSR count). The summed E-state index contributed by atoms with van der Waals surface area (Å²) >= 11 is 0. The van der Waals surface area contributed by atoms with Crippen molar-refractivity contribution in [2.75, 3.05) is 25.0 Å². The van der Waals surface area contributed by atoms with Crippen LogP contribution < -0.4 is 10.6 Å². The van der Waals surface area contributed by atoms with Crippen LogP contribution in [0.25, 0.3) is 0 Å². The van der Waals surface area contributed by atoms with Gasteiger partial charge in [-0.3, -0.25) is 0 Å². The van der Waals surface area contributed by atoms with E-state index >= 15 is 0 Å². The van der Waals surface area contributed by atoms with Crippen LogP contribution in [0.5, 0.6) is 0 Å². The minimum atomic E-state index is 0.730. The number of rotatable bonds is 7. The molecule has 0 saturated carbocycles. The molecule has 0 aliphatic carbocycles. The smallest absolute Gasteiger partial charge is 0.223 e. The second kappa shape index (κ2) is 7.22. The summed E-state index contributed by atoms with van der Waals surface area (Å²) in [5, 5.41) is 6.63. The van der Waals surface area contributed by atoms with Crippen LogP contribution in [-0.2, 0) is 0 Å². The average molecular weight is 236 g/mol. The molecule has 1 aromatic heterocycles. The van der Waals surface area contributed by atoms with Crippen molar-refractivity contribution in [2.24, 2.45) is 5.92 Å². The summed E-state index contributed by atoms with van der Waals surface area (Å²) in [6, 6.07) is 1.98. The molecular weight excluding hydrogens is 212 g/mol. The van der Waals surface area contributed by atoms with Gasteiger partial charge in [0.05, 0.1) is 0 Å². The predicted molar refractivity (Wildman–Crippen MR) is 72.3 cm³/mol. The molecule has 4 heteroatoms. The molecule has 0 aliphatic heterocycles. The Hall–Kier alpha value is -1.16. The molecular formula is C13H24N4. The van der Waals surface area contributed by atoms with Gasteiger partial charge in [-0.25, -0.2) is 9.97 Å². The van der Waals surface area contributed by atoms with E-state index in [1.54, 1.807) is 0 Å². The average Bonchev–Trinajstić information content (AvgIpc) is 2.21. The minimum absolute atomic E-state index is 0.730. The fraction of sp³-hybridized carbons (Fsp3) is 0.692. The van der Waals surface area contributed by atoms with Crippen molar-refractivity contribution in [3.8, 4) is 0 Å². The summed E-state index contributed by atoms with van der Waals surface area (Å²) in [6.07, 6.45) is 1.22. The van der Waals surface area contributed by atoms with Gasteiger partial charge >= 0.3 is 0 Å². The van der Waals surface area contributed by atoms with E-state index in [0.717, 1.165) is 42.9 Å². The number of hydrogen-bond donors (Lipinski definition) is 2. The van der Waals surface area contributed by atoms with Gasteiger partial charge in [-0.2, -0.15) is 0 Å². The Morgan fingerprint density at radius 2 is 1.71 bits per heavy atom. The third-order valence-electron chi connectivity index (χ3n) is 2.47. The maximum Gasteiger partial charge on any atom is 0.223 e. The van der Waals surface area contributed by atoms with Crippen LogP contribution in [0, 0.1) is 19.8 Å². The molecule has 0 bridgehead atoms. The monoisotopic (exact) mass is 236 g/mol. The van der Waals surface area contributed by atoms with Crippen molar-refractivity contribution in [1.82, 2.24) is 15.3 Å². The van der Waals surface area contributed by atoms with E-state index in [4.69, 9.17) is 0 Å². The number of hydrogen-bond acceptors (Lipinski definition) is 4. The molecule has 0 fully saturated rings. The van der Waals surface area contributed by atoms with Gasteiger partial charge in [0.2, 0.25) is 5.95 Å². The first-order chi connectivity index (χ1) is 8.08. The lowest BCUT2D eigenvalue weighted by Gasteiger charge is -2.08. The Morgan fingerprint density at radius 3 is 2.29 bits per heavy atom. The number of aryl methyl sites for hydroxylation is 2. The first-order valence-electron chi connectivity index (χ1n) is 6.35. The third-order valence-corrected chi connectivity index (χ3v) is 2.47. The summed E-state index contributed by atoms with van der Waals surface area (Å²) in [7, 11) is 0. The topological polar surface area (TPSA) is 49.8 Å². The highest BCUT2D eigenvalue weighted by molar-refractivity contribution is 5.27. The van der Waals surface area contributed by atoms with E-state index in [1.807, 2.05) is 19.9 Å². The van der Waals surface area contributed by atoms with E-state index in [9.17, 15) is 0 Å². The molecule has 2 N–H and O–H groups in total. The maximum absolute atomic E-state index is 4.33. The first-order valence-corrected chi connectivity index (χ1v) is 6.35. The molecule has 0 unspecified atom stereocenters. The van der Waals surface area contributed by atoms with Crippen molar-refractivity contribution in [1.29, 1.82) is 0 Å². The molecule has 96 valence electrons. The van der Waals surface area contributed by atoms with Crippen LogP contribution in [0.15, 0.2) is 6.07 Å². The highest BCUT2D eigenvalue weighted by Gasteiger charge is 1.98. The molecule has 17 heavy (non-hydrogen) atoms. The molecule has 0 spiro atoms. The minimum Gasteiger partial charge on any atom is -0.353 e. The van der Waals surface area contributed by atoms with E-state index in [0.29, 0.717) is 0 Å². The molecule has 0 radical (unpaired) electrons. The van der Waals surface area contributed by atoms with Crippen LogP contribution in [0.3, 0.4) is 0 Å². The standard InChI is InChI=1S/C13H24N4/c1-10(2)5-6-14-7-8-15-13-16-11(3)9-12(4)17-13/h9-10,14H,5-8H2,1-4H3,(H,15,16,17). The lowest BCUT2D eigenvalue weighted by atomic mass is 10.1. The number of nitrogens with zero attached hydrogens (tertiary/aromatic N) is 2. The van der Waals surface area contributed by atoms with Gasteiger partial charge in [0, 0.05) is 24.5 Å². The highest BCUT2D eigenvalue weighted by Crippen LogP contribution is 2.02. The zero-order valence-corrected chi connectivity index (χ0v) is 11.4. The van der Waals surface area contributed by atoms with Crippen molar-refractivity contribution >= 4 is 5.95 Å². The van der Waals surface area contributed by atoms with E-state index in [2.05, 4.69) is 34.4 Å². The van der Waals surface area contributed by atoms with Gasteiger partial charge in [-0.15, -0.1) is 0 Å². The highest BCUT2D eigenvalue weighted by atomic mass is 15.1. The lowest BCUT2D eigenvalue weighted by Crippen LogP contribution is -2.24. The fourth-order valence-corrected chi connectivity index (χ4v) is 1.58. The van der Waals surface area contributed by atoms with Gasteiger partial charge in [0.15, 0.2) is 0 Å². The van der Waals surface area contributed by atoms with E-state index in [1.165, 1.54) is 6.42 Å². The van der Waals surface area contributed by atoms with Gasteiger partial charge in [-0.05, 0) is 38.8 Å². The van der Waals surface area contributed by atoms with E-state index in [-0.39, 0.29) is 0 Å². The van der Waals surface area contributed by atoms with Gasteiger partial charge in [0.25, 0.3) is 0 Å². The fourth-order valence-electron chi connectivity index (χ4n) is 1.58. The molecule has 1 heterocycles. The number of nitrogens with one attached hydrogen (secondary N) is 2. The Bertz CT molecular complexity index is 316. The lowest BCUT2D eigenvalue weighted by molar-refractivity contribution is 0.543. The van der Waals surface area contributed by atoms with Crippen LogP contribution in [0.2, 0.25) is 0 Å². The van der Waals surface area contributed by atoms with Crippen molar-refractivity contribution in [2.45, 2.75) is 34.1 Å².